The van der Waals surface area contributed by atoms with E-state index in [4.69, 9.17) is 23.1 Å². The number of sulfone groups is 1. The molecule has 2 amide bonds. The molecule has 0 atom stereocenters. The molecule has 0 saturated carbocycles. The summed E-state index contributed by atoms with van der Waals surface area (Å²) in [7, 11) is 1.59. The molecule has 0 fully saturated rings. The van der Waals surface area contributed by atoms with Crippen LogP contribution in [-0.4, -0.2) is 182 Å². The monoisotopic (exact) mass is 1780 g/mol. The second-order valence-electron chi connectivity index (χ2n) is 42.7. The molecule has 0 aromatic carbocycles. The summed E-state index contributed by atoms with van der Waals surface area (Å²) in [6, 6.07) is 0. The number of rotatable bonds is 21. The Morgan fingerprint density at radius 2 is 0.831 bits per heavy atom. The number of ketones is 8. The molecule has 0 saturated heterocycles. The number of carbonyl (C=O) groups excluding carboxylic acids is 10. The first-order chi connectivity index (χ1) is 55.0. The lowest BCUT2D eigenvalue weighted by Gasteiger charge is -2.34. The standard InChI is InChI=1S/C11H21NO.C11H18O.C10H19NO.C10H16O.C9H17NO2.C9H16O2.C8H12O.C7H13NO.C7H12O.C7H10O.C6H13NO2S.C6H12O2S/c1-11(2,3)9-10(13)7-6-8-12(4)5;1-11(2,3)10(12)9-7-5-4-6-8-9;1-10(2,3)9(12)7-6-8-11(4)5;1-10(2,3)9(11)8-6-4-5-7-8;1-5-8(12)10(6-7-11)9(2,3)4;1-9(2,3)8(11)6-4-5-7-10;1-5-7(9)6-8(2,3)4;1-5-6(9)8-7(2,3)4;2*1-5-6(8)7(2,3)4;1-5-10(8,9)7-6(2,3)4;1-5-9(7,8)6(2,3)4/h6-7H,8-9H2,1-5H3;7H,4-6,8H2,1-3H3;6-7H,8H2,1-5H3;6H,4-5,7H2,1-3H3;5,11H,1,6-7H2,2-4H3;4,6,10H,5,7H2,1-3H3;1H,6H2,2-4H3;5H,1H2,2-4H3,(H,8,9);5H,1H2,2-4H3;1H,2-4H3;5,7H,1H2,2-4H3;5H,1H2,2-4H3/b7-6+;;7-6+;;;6-4+;;;;;;. The van der Waals surface area contributed by atoms with E-state index >= 15 is 0 Å². The van der Waals surface area contributed by atoms with E-state index < -0.39 is 30.1 Å². The maximum absolute atomic E-state index is 11.8. The van der Waals surface area contributed by atoms with E-state index in [9.17, 15) is 64.8 Å². The zero-order valence-electron chi connectivity index (χ0n) is 85.6. The van der Waals surface area contributed by atoms with Gasteiger partial charge in [-0.25, -0.2) is 21.6 Å². The lowest BCUT2D eigenvalue weighted by molar-refractivity contribution is -0.131. The fourth-order valence-electron chi connectivity index (χ4n) is 8.18. The molecule has 0 unspecified atom stereocenters. The molecule has 0 aromatic rings. The van der Waals surface area contributed by atoms with Crippen molar-refractivity contribution in [3.63, 3.8) is 0 Å². The first-order valence-corrected chi connectivity index (χ1v) is 45.3. The zero-order chi connectivity index (χ0) is 101. The van der Waals surface area contributed by atoms with Crippen molar-refractivity contribution in [1.82, 2.24) is 24.7 Å². The van der Waals surface area contributed by atoms with Gasteiger partial charge < -0.3 is 30.2 Å². The zero-order valence-corrected chi connectivity index (χ0v) is 87.2. The molecule has 0 radical (unpaired) electrons. The molecule has 23 heteroatoms. The molecule has 2 aliphatic rings. The number of carbonyl (C=O) groups is 10. The summed E-state index contributed by atoms with van der Waals surface area (Å²) in [5, 5.41) is 21.7. The van der Waals surface area contributed by atoms with Crippen molar-refractivity contribution in [2.45, 2.75) is 335 Å². The van der Waals surface area contributed by atoms with Gasteiger partial charge in [0, 0.05) is 99.0 Å². The highest BCUT2D eigenvalue weighted by Crippen LogP contribution is 2.29. The fourth-order valence-corrected chi connectivity index (χ4v) is 9.61. The van der Waals surface area contributed by atoms with E-state index in [1.807, 2.05) is 216 Å². The fraction of sp³-hybridized carbons (Fsp3) is 0.663. The highest BCUT2D eigenvalue weighted by molar-refractivity contribution is 7.95. The lowest BCUT2D eigenvalue weighted by atomic mass is 9.82. The Morgan fingerprint density at radius 1 is 0.452 bits per heavy atom. The minimum Gasteiger partial charge on any atom is -0.396 e. The number of sulfonamides is 1. The molecule has 21 nitrogen and oxygen atoms in total. The van der Waals surface area contributed by atoms with Gasteiger partial charge in [0.1, 0.15) is 0 Å². The van der Waals surface area contributed by atoms with Crippen LogP contribution in [0.1, 0.15) is 313 Å². The largest absolute Gasteiger partial charge is 0.396 e. The highest BCUT2D eigenvalue weighted by atomic mass is 32.2. The Kier molecular flexibility index (Phi) is 71.0. The van der Waals surface area contributed by atoms with Crippen LogP contribution in [0.25, 0.3) is 0 Å². The number of likely N-dealkylation sites (N-methyl/N-ethyl adjacent to an activating group) is 2. The van der Waals surface area contributed by atoms with Gasteiger partial charge in [0.05, 0.1) is 11.4 Å². The number of aliphatic hydroxyl groups excluding tert-OH is 2. The maximum Gasteiger partial charge on any atom is 0.246 e. The molecule has 4 N–H and O–H groups in total. The number of hydrogen-bond donors (Lipinski definition) is 4. The minimum atomic E-state index is -3.26. The number of terminal acetylenes is 2. The van der Waals surface area contributed by atoms with Crippen LogP contribution >= 0.6 is 0 Å². The van der Waals surface area contributed by atoms with Gasteiger partial charge in [-0.15, -0.1) is 12.8 Å². The van der Waals surface area contributed by atoms with Crippen LogP contribution in [0.5, 0.6) is 0 Å². The van der Waals surface area contributed by atoms with E-state index in [1.165, 1.54) is 37.1 Å². The molecule has 0 spiro atoms. The topological polar surface area (TPSA) is 313 Å². The van der Waals surface area contributed by atoms with Gasteiger partial charge in [0.15, 0.2) is 44.5 Å². The Labute approximate surface area is 758 Å². The van der Waals surface area contributed by atoms with Gasteiger partial charge >= 0.3 is 0 Å². The Hall–Kier alpha value is -7.48. The number of nitrogens with one attached hydrogen (secondary N) is 2. The van der Waals surface area contributed by atoms with E-state index in [0.29, 0.717) is 37.4 Å². The summed E-state index contributed by atoms with van der Waals surface area (Å²) >= 11 is 0. The first kappa shape index (κ1) is 137. The predicted octanol–water partition coefficient (Wildman–Crippen LogP) is 19.9. The maximum atomic E-state index is 11.8. The summed E-state index contributed by atoms with van der Waals surface area (Å²) in [6.07, 6.45) is 37.7. The number of hydrogen-bond acceptors (Lipinski definition) is 18. The van der Waals surface area contributed by atoms with Crippen molar-refractivity contribution in [3.05, 3.63) is 122 Å². The van der Waals surface area contributed by atoms with Gasteiger partial charge in [-0.3, -0.25) is 47.9 Å². The van der Waals surface area contributed by atoms with E-state index in [-0.39, 0.29) is 114 Å². The van der Waals surface area contributed by atoms with Crippen LogP contribution in [0.3, 0.4) is 0 Å². The van der Waals surface area contributed by atoms with E-state index in [1.54, 1.807) is 85.4 Å². The Morgan fingerprint density at radius 3 is 1.02 bits per heavy atom. The molecule has 2 aliphatic carbocycles. The van der Waals surface area contributed by atoms with Crippen molar-refractivity contribution in [2.75, 3.05) is 61.0 Å². The highest BCUT2D eigenvalue weighted by Gasteiger charge is 2.29. The van der Waals surface area contributed by atoms with Gasteiger partial charge in [0.2, 0.25) is 33.4 Å². The van der Waals surface area contributed by atoms with Crippen molar-refractivity contribution in [1.29, 1.82) is 0 Å². The van der Waals surface area contributed by atoms with Gasteiger partial charge in [-0.05, 0) is 233 Å². The quantitative estimate of drug-likeness (QED) is 0.0471. The van der Waals surface area contributed by atoms with Gasteiger partial charge in [0.25, 0.3) is 0 Å². The van der Waals surface area contributed by atoms with E-state index in [0.717, 1.165) is 67.2 Å². The summed E-state index contributed by atoms with van der Waals surface area (Å²) < 4.78 is 45.1. The predicted molar refractivity (Wildman–Crippen MR) is 525 cm³/mol. The molecule has 716 valence electrons. The van der Waals surface area contributed by atoms with Crippen LogP contribution in [-0.2, 0) is 67.8 Å². The normalized spacial score (nSPS) is 13.1. The second-order valence-corrected chi connectivity index (χ2v) is 47.0. The number of β-amino-alcohol motifs (C(OH)–C–C–N with tert-alkyl or cyclic N) is 1. The number of amides is 2. The van der Waals surface area contributed by atoms with Gasteiger partial charge in [-0.1, -0.05) is 229 Å². The number of nitrogens with zero attached hydrogens (tertiary/aromatic N) is 3. The molecular weight excluding hydrogens is 1600 g/mol. The second kappa shape index (κ2) is 64.3. The third-order valence-electron chi connectivity index (χ3n) is 15.1. The Balaban J connectivity index is -0.000000143. The molecule has 0 aliphatic heterocycles. The third-order valence-corrected chi connectivity index (χ3v) is 18.6. The summed E-state index contributed by atoms with van der Waals surface area (Å²) in [5.41, 5.74) is -0.119. The summed E-state index contributed by atoms with van der Waals surface area (Å²) in [5.74, 6) is 4.90. The third kappa shape index (κ3) is 90.8. The smallest absolute Gasteiger partial charge is 0.246 e. The minimum absolute atomic E-state index is 0.0170. The molecule has 0 heterocycles. The summed E-state index contributed by atoms with van der Waals surface area (Å²) in [4.78, 5) is 117. The number of Topliss-reactive ketones (excluding diaryl/α,β-unsaturated/α-hetero) is 4. The van der Waals surface area contributed by atoms with Crippen LogP contribution in [0.4, 0.5) is 0 Å². The van der Waals surface area contributed by atoms with Crippen molar-refractivity contribution >= 4 is 77.9 Å². The van der Waals surface area contributed by atoms with E-state index in [2.05, 4.69) is 87.7 Å². The average molecular weight is 1780 g/mol. The van der Waals surface area contributed by atoms with Crippen molar-refractivity contribution in [3.8, 4) is 24.7 Å². The molecular formula is C101H179N5O16S2. The van der Waals surface area contributed by atoms with Crippen molar-refractivity contribution < 1.29 is 75.0 Å². The number of aliphatic hydroxyl groups is 2. The molecule has 0 bridgehead atoms. The Bertz CT molecular complexity index is 3760. The molecule has 124 heavy (non-hydrogen) atoms. The van der Waals surface area contributed by atoms with Crippen molar-refractivity contribution in [2.24, 2.45) is 43.3 Å². The summed E-state index contributed by atoms with van der Waals surface area (Å²) in [6.45, 7) is 86.9. The van der Waals surface area contributed by atoms with Crippen LogP contribution < -0.4 is 10.0 Å². The lowest BCUT2D eigenvalue weighted by Crippen LogP contribution is -2.46. The SMILES string of the molecule is C#CC(=O)C(C)(C)C.C#CC(=O)CC(C)(C)C.C=CC(=O)C(C)(C)C.C=CC(=O)N(CCO)C(C)(C)C.C=CC(=O)NC(C)(C)C.C=CS(=O)(=O)C(C)(C)C.C=CS(=O)(=O)NC(C)(C)C.CC(C)(C)C(=O)/C=C/CCO.CC(C)(C)C(=O)C1=CCCC1.CC(C)(C)C(=O)C1=CCCCC1.CN(C)C/C=C/C(=O)C(C)(C)C.CN(C)C/C=C/C(=O)CC(C)(C)C. The average Bonchev–Trinajstić information content (AvgIpc) is 1.86. The molecule has 2 rings (SSSR count). The molecule has 0 aromatic heterocycles. The van der Waals surface area contributed by atoms with Gasteiger partial charge in [-0.2, -0.15) is 0 Å². The van der Waals surface area contributed by atoms with Crippen LogP contribution in [0, 0.1) is 68.0 Å². The first-order valence-electron chi connectivity index (χ1n) is 42.2. The van der Waals surface area contributed by atoms with Crippen LogP contribution in [0.2, 0.25) is 0 Å². The van der Waals surface area contributed by atoms with Crippen LogP contribution in [0.15, 0.2) is 122 Å². The number of allylic oxidation sites excluding steroid dienone is 8.